The number of hydrogen-bond acceptors (Lipinski definition) is 1. The third-order valence-electron chi connectivity index (χ3n) is 3.05. The Balaban J connectivity index is 2.26. The Bertz CT molecular complexity index is 468. The first-order valence-electron chi connectivity index (χ1n) is 6.70. The van der Waals surface area contributed by atoms with Gasteiger partial charge in [0.1, 0.15) is 0 Å². The summed E-state index contributed by atoms with van der Waals surface area (Å²) in [6, 6.07) is 20.1. The maximum atomic E-state index is 11.9. The average molecular weight is 253 g/mol. The van der Waals surface area contributed by atoms with Crippen molar-refractivity contribution in [1.82, 2.24) is 5.32 Å². The smallest absolute Gasteiger partial charge is 0.220 e. The number of benzene rings is 2. The second-order valence-electron chi connectivity index (χ2n) is 4.57. The minimum absolute atomic E-state index is 0.0681. The first kappa shape index (κ1) is 13.3. The zero-order valence-electron chi connectivity index (χ0n) is 11.2. The molecule has 0 fully saturated rings. The molecule has 0 aromatic heterocycles. The highest BCUT2D eigenvalue weighted by molar-refractivity contribution is 5.76. The second kappa shape index (κ2) is 6.74. The van der Waals surface area contributed by atoms with Gasteiger partial charge in [0.25, 0.3) is 0 Å². The molecule has 0 spiro atoms. The van der Waals surface area contributed by atoms with E-state index in [9.17, 15) is 4.79 Å². The van der Waals surface area contributed by atoms with Crippen molar-refractivity contribution >= 4 is 5.91 Å². The van der Waals surface area contributed by atoms with Gasteiger partial charge in [-0.25, -0.2) is 0 Å². The van der Waals surface area contributed by atoms with Gasteiger partial charge in [-0.1, -0.05) is 67.6 Å². The Morgan fingerprint density at radius 1 is 0.947 bits per heavy atom. The molecule has 0 saturated carbocycles. The fourth-order valence-corrected chi connectivity index (χ4v) is 2.11. The summed E-state index contributed by atoms with van der Waals surface area (Å²) in [5.41, 5.74) is 2.22. The molecule has 0 atom stereocenters. The summed E-state index contributed by atoms with van der Waals surface area (Å²) in [4.78, 5) is 11.9. The van der Waals surface area contributed by atoms with Gasteiger partial charge in [-0.3, -0.25) is 4.79 Å². The first-order valence-corrected chi connectivity index (χ1v) is 6.70. The molecule has 1 amide bonds. The summed E-state index contributed by atoms with van der Waals surface area (Å²) in [5.74, 6) is 0.0974. The number of hydrogen-bond donors (Lipinski definition) is 1. The van der Waals surface area contributed by atoms with Crippen LogP contribution in [0, 0.1) is 0 Å². The molecule has 0 heterocycles. The molecule has 0 aliphatic heterocycles. The Morgan fingerprint density at radius 3 is 1.84 bits per heavy atom. The van der Waals surface area contributed by atoms with Crippen LogP contribution >= 0.6 is 0 Å². The molecule has 0 radical (unpaired) electrons. The van der Waals surface area contributed by atoms with Crippen molar-refractivity contribution in [3.63, 3.8) is 0 Å². The van der Waals surface area contributed by atoms with Gasteiger partial charge in [-0.05, 0) is 17.5 Å². The number of rotatable bonds is 5. The van der Waals surface area contributed by atoms with Crippen LogP contribution in [0.2, 0.25) is 0 Å². The molecule has 0 unspecified atom stereocenters. The van der Waals surface area contributed by atoms with E-state index in [1.54, 1.807) is 0 Å². The molecule has 2 aromatic carbocycles. The predicted molar refractivity (Wildman–Crippen MR) is 77.8 cm³/mol. The van der Waals surface area contributed by atoms with Crippen molar-refractivity contribution in [2.45, 2.75) is 25.8 Å². The number of carbonyl (C=O) groups is 1. The monoisotopic (exact) mass is 253 g/mol. The van der Waals surface area contributed by atoms with Crippen LogP contribution in [0.1, 0.15) is 36.9 Å². The van der Waals surface area contributed by atoms with E-state index in [0.29, 0.717) is 6.42 Å². The molecule has 2 heteroatoms. The molecule has 2 nitrogen and oxygen atoms in total. The van der Waals surface area contributed by atoms with Gasteiger partial charge in [0.05, 0.1) is 6.04 Å². The van der Waals surface area contributed by atoms with Crippen LogP contribution in [0.5, 0.6) is 0 Å². The highest BCUT2D eigenvalue weighted by Gasteiger charge is 2.15. The van der Waals surface area contributed by atoms with E-state index in [1.165, 1.54) is 0 Å². The van der Waals surface area contributed by atoms with Crippen molar-refractivity contribution < 1.29 is 4.79 Å². The summed E-state index contributed by atoms with van der Waals surface area (Å²) in [5, 5.41) is 3.11. The molecular weight excluding hydrogens is 234 g/mol. The Labute approximate surface area is 114 Å². The topological polar surface area (TPSA) is 29.1 Å². The molecule has 2 rings (SSSR count). The van der Waals surface area contributed by atoms with Crippen LogP contribution in [0.25, 0.3) is 0 Å². The minimum Gasteiger partial charge on any atom is -0.345 e. The molecular formula is C17H19NO. The lowest BCUT2D eigenvalue weighted by Crippen LogP contribution is -2.28. The normalized spacial score (nSPS) is 10.4. The van der Waals surface area contributed by atoms with Gasteiger partial charge >= 0.3 is 0 Å². The SMILES string of the molecule is CCCC(=O)NC(c1ccccc1)c1ccccc1. The Morgan fingerprint density at radius 2 is 1.42 bits per heavy atom. The summed E-state index contributed by atoms with van der Waals surface area (Å²) in [7, 11) is 0. The third kappa shape index (κ3) is 3.68. The molecule has 98 valence electrons. The van der Waals surface area contributed by atoms with E-state index >= 15 is 0 Å². The van der Waals surface area contributed by atoms with E-state index in [-0.39, 0.29) is 11.9 Å². The van der Waals surface area contributed by atoms with Gasteiger partial charge in [0, 0.05) is 6.42 Å². The fourth-order valence-electron chi connectivity index (χ4n) is 2.11. The van der Waals surface area contributed by atoms with E-state index < -0.39 is 0 Å². The van der Waals surface area contributed by atoms with E-state index in [2.05, 4.69) is 5.32 Å². The van der Waals surface area contributed by atoms with Crippen molar-refractivity contribution in [2.24, 2.45) is 0 Å². The zero-order valence-corrected chi connectivity index (χ0v) is 11.2. The van der Waals surface area contributed by atoms with Gasteiger partial charge in [0.15, 0.2) is 0 Å². The lowest BCUT2D eigenvalue weighted by atomic mass is 9.98. The Hall–Kier alpha value is -2.09. The van der Waals surface area contributed by atoms with Crippen LogP contribution in [0.3, 0.4) is 0 Å². The fraction of sp³-hybridized carbons (Fsp3) is 0.235. The summed E-state index contributed by atoms with van der Waals surface area (Å²) in [6.07, 6.45) is 1.43. The molecule has 0 aliphatic carbocycles. The van der Waals surface area contributed by atoms with Crippen molar-refractivity contribution in [1.29, 1.82) is 0 Å². The van der Waals surface area contributed by atoms with Gasteiger partial charge in [-0.2, -0.15) is 0 Å². The lowest BCUT2D eigenvalue weighted by Gasteiger charge is -2.19. The molecule has 1 N–H and O–H groups in total. The van der Waals surface area contributed by atoms with E-state index in [4.69, 9.17) is 0 Å². The third-order valence-corrected chi connectivity index (χ3v) is 3.05. The largest absolute Gasteiger partial charge is 0.345 e. The van der Waals surface area contributed by atoms with Crippen molar-refractivity contribution in [2.75, 3.05) is 0 Å². The summed E-state index contributed by atoms with van der Waals surface area (Å²) in [6.45, 7) is 2.01. The maximum absolute atomic E-state index is 11.9. The van der Waals surface area contributed by atoms with Crippen molar-refractivity contribution in [3.8, 4) is 0 Å². The van der Waals surface area contributed by atoms with Crippen LogP contribution in [0.4, 0.5) is 0 Å². The standard InChI is InChI=1S/C17H19NO/c1-2-9-16(19)18-17(14-10-5-3-6-11-14)15-12-7-4-8-13-15/h3-8,10-13,17H,2,9H2,1H3,(H,18,19). The molecule has 19 heavy (non-hydrogen) atoms. The quantitative estimate of drug-likeness (QED) is 0.865. The van der Waals surface area contributed by atoms with Crippen molar-refractivity contribution in [3.05, 3.63) is 71.8 Å². The summed E-state index contributed by atoms with van der Waals surface area (Å²) < 4.78 is 0. The molecule has 0 aliphatic rings. The number of amides is 1. The molecule has 0 saturated heterocycles. The second-order valence-corrected chi connectivity index (χ2v) is 4.57. The van der Waals surface area contributed by atoms with Gasteiger partial charge in [0.2, 0.25) is 5.91 Å². The predicted octanol–water partition coefficient (Wildman–Crippen LogP) is 3.69. The highest BCUT2D eigenvalue weighted by Crippen LogP contribution is 2.21. The van der Waals surface area contributed by atoms with Gasteiger partial charge < -0.3 is 5.32 Å². The highest BCUT2D eigenvalue weighted by atomic mass is 16.1. The van der Waals surface area contributed by atoms with Crippen LogP contribution < -0.4 is 5.32 Å². The number of nitrogens with one attached hydrogen (secondary N) is 1. The molecule has 2 aromatic rings. The van der Waals surface area contributed by atoms with E-state index in [0.717, 1.165) is 17.5 Å². The van der Waals surface area contributed by atoms with E-state index in [1.807, 2.05) is 67.6 Å². The summed E-state index contributed by atoms with van der Waals surface area (Å²) >= 11 is 0. The zero-order chi connectivity index (χ0) is 13.5. The van der Waals surface area contributed by atoms with Crippen LogP contribution in [-0.4, -0.2) is 5.91 Å². The van der Waals surface area contributed by atoms with Gasteiger partial charge in [-0.15, -0.1) is 0 Å². The van der Waals surface area contributed by atoms with Crippen LogP contribution in [-0.2, 0) is 4.79 Å². The average Bonchev–Trinajstić information content (AvgIpc) is 2.47. The van der Waals surface area contributed by atoms with Crippen LogP contribution in [0.15, 0.2) is 60.7 Å². The molecule has 0 bridgehead atoms. The first-order chi connectivity index (χ1) is 9.31. The number of carbonyl (C=O) groups excluding carboxylic acids is 1. The maximum Gasteiger partial charge on any atom is 0.220 e. The Kier molecular flexibility index (Phi) is 4.73. The lowest BCUT2D eigenvalue weighted by molar-refractivity contribution is -0.121. The minimum atomic E-state index is -0.0681.